The van der Waals surface area contributed by atoms with Crippen LogP contribution in [0.1, 0.15) is 13.8 Å². The van der Waals surface area contributed by atoms with Crippen LogP contribution in [0.2, 0.25) is 0 Å². The van der Waals surface area contributed by atoms with E-state index in [1.54, 1.807) is 42.9 Å². The van der Waals surface area contributed by atoms with Gasteiger partial charge in [-0.2, -0.15) is 0 Å². The molecule has 0 spiro atoms. The van der Waals surface area contributed by atoms with Gasteiger partial charge in [-0.1, -0.05) is 6.92 Å². The first-order chi connectivity index (χ1) is 9.49. The van der Waals surface area contributed by atoms with Gasteiger partial charge < -0.3 is 15.6 Å². The van der Waals surface area contributed by atoms with Gasteiger partial charge in [-0.3, -0.25) is 4.79 Å². The van der Waals surface area contributed by atoms with Gasteiger partial charge in [0, 0.05) is 24.1 Å². The molecule has 3 N–H and O–H groups in total. The van der Waals surface area contributed by atoms with E-state index in [0.717, 1.165) is 0 Å². The molecule has 106 valence electrons. The van der Waals surface area contributed by atoms with Crippen LogP contribution in [0.3, 0.4) is 0 Å². The van der Waals surface area contributed by atoms with Crippen LogP contribution in [0.25, 0.3) is 5.69 Å². The summed E-state index contributed by atoms with van der Waals surface area (Å²) < 4.78 is 15.6. The highest BCUT2D eigenvalue weighted by Crippen LogP contribution is 2.18. The maximum Gasteiger partial charge on any atom is 0.228 e. The number of aromatic nitrogens is 2. The summed E-state index contributed by atoms with van der Waals surface area (Å²) in [5, 5.41) is 2.65. The molecule has 0 aliphatic rings. The Hall–Kier alpha value is -2.21. The molecular weight excluding hydrogens is 259 g/mol. The van der Waals surface area contributed by atoms with E-state index < -0.39 is 5.82 Å². The zero-order valence-electron chi connectivity index (χ0n) is 11.4. The summed E-state index contributed by atoms with van der Waals surface area (Å²) in [4.78, 5) is 15.7. The molecule has 2 rings (SSSR count). The minimum absolute atomic E-state index is 0.227. The number of anilines is 1. The standard InChI is InChI=1S/C14H17FN4O/c1-9(10(2)16)14(20)18-11-3-4-13(12(15)7-11)19-6-5-17-8-19/h3-10H,16H2,1-2H3,(H,18,20). The summed E-state index contributed by atoms with van der Waals surface area (Å²) in [5.41, 5.74) is 6.45. The van der Waals surface area contributed by atoms with Gasteiger partial charge in [0.1, 0.15) is 5.82 Å². The number of hydrogen-bond donors (Lipinski definition) is 2. The van der Waals surface area contributed by atoms with Crippen LogP contribution in [0.15, 0.2) is 36.9 Å². The third kappa shape index (κ3) is 3.03. The molecule has 0 bridgehead atoms. The van der Waals surface area contributed by atoms with Gasteiger partial charge >= 0.3 is 0 Å². The Labute approximate surface area is 116 Å². The van der Waals surface area contributed by atoms with Crippen molar-refractivity contribution in [2.24, 2.45) is 11.7 Å². The number of nitrogens with two attached hydrogens (primary N) is 1. The van der Waals surface area contributed by atoms with E-state index >= 15 is 0 Å². The average molecular weight is 276 g/mol. The van der Waals surface area contributed by atoms with E-state index in [0.29, 0.717) is 11.4 Å². The van der Waals surface area contributed by atoms with Crippen molar-refractivity contribution < 1.29 is 9.18 Å². The molecule has 1 amide bonds. The summed E-state index contributed by atoms with van der Waals surface area (Å²) in [6, 6.07) is 4.25. The quantitative estimate of drug-likeness (QED) is 0.896. The lowest BCUT2D eigenvalue weighted by atomic mass is 10.0. The number of benzene rings is 1. The summed E-state index contributed by atoms with van der Waals surface area (Å²) in [5.74, 6) is -1.00. The van der Waals surface area contributed by atoms with E-state index in [1.165, 1.54) is 12.4 Å². The van der Waals surface area contributed by atoms with Crippen molar-refractivity contribution in [3.63, 3.8) is 0 Å². The number of halogens is 1. The van der Waals surface area contributed by atoms with E-state index in [1.807, 2.05) is 0 Å². The molecule has 2 aromatic rings. The van der Waals surface area contributed by atoms with Gasteiger partial charge in [0.2, 0.25) is 5.91 Å². The lowest BCUT2D eigenvalue weighted by molar-refractivity contribution is -0.119. The Morgan fingerprint density at radius 1 is 1.45 bits per heavy atom. The molecule has 0 saturated heterocycles. The molecule has 20 heavy (non-hydrogen) atoms. The zero-order valence-corrected chi connectivity index (χ0v) is 11.4. The van der Waals surface area contributed by atoms with Crippen molar-refractivity contribution in [2.75, 3.05) is 5.32 Å². The SMILES string of the molecule is CC(N)C(C)C(=O)Nc1ccc(-n2ccnc2)c(F)c1. The fourth-order valence-corrected chi connectivity index (χ4v) is 1.69. The first-order valence-electron chi connectivity index (χ1n) is 6.33. The fourth-order valence-electron chi connectivity index (χ4n) is 1.69. The predicted molar refractivity (Wildman–Crippen MR) is 75.0 cm³/mol. The van der Waals surface area contributed by atoms with Gasteiger partial charge in [-0.15, -0.1) is 0 Å². The molecule has 6 heteroatoms. The highest BCUT2D eigenvalue weighted by atomic mass is 19.1. The van der Waals surface area contributed by atoms with Crippen LogP contribution in [0.4, 0.5) is 10.1 Å². The maximum absolute atomic E-state index is 14.0. The Kier molecular flexibility index (Phi) is 4.14. The Bertz CT molecular complexity index is 595. The Morgan fingerprint density at radius 2 is 2.20 bits per heavy atom. The summed E-state index contributed by atoms with van der Waals surface area (Å²) in [7, 11) is 0. The second-order valence-electron chi connectivity index (χ2n) is 4.77. The number of hydrogen-bond acceptors (Lipinski definition) is 3. The first-order valence-corrected chi connectivity index (χ1v) is 6.33. The number of imidazole rings is 1. The minimum Gasteiger partial charge on any atom is -0.327 e. The average Bonchev–Trinajstić information content (AvgIpc) is 2.91. The third-order valence-electron chi connectivity index (χ3n) is 3.20. The normalized spacial score (nSPS) is 13.8. The lowest BCUT2D eigenvalue weighted by Gasteiger charge is -2.15. The molecule has 0 fully saturated rings. The second kappa shape index (κ2) is 5.83. The molecule has 1 heterocycles. The number of nitrogens with zero attached hydrogens (tertiary/aromatic N) is 2. The topological polar surface area (TPSA) is 72.9 Å². The Morgan fingerprint density at radius 3 is 2.75 bits per heavy atom. The van der Waals surface area contributed by atoms with Crippen molar-refractivity contribution in [1.82, 2.24) is 9.55 Å². The monoisotopic (exact) mass is 276 g/mol. The van der Waals surface area contributed by atoms with Crippen molar-refractivity contribution in [3.05, 3.63) is 42.7 Å². The summed E-state index contributed by atoms with van der Waals surface area (Å²) >= 11 is 0. The second-order valence-corrected chi connectivity index (χ2v) is 4.77. The highest BCUT2D eigenvalue weighted by Gasteiger charge is 2.17. The molecule has 0 aliphatic heterocycles. The lowest BCUT2D eigenvalue weighted by Crippen LogP contribution is -2.34. The maximum atomic E-state index is 14.0. The molecule has 2 atom stereocenters. The molecule has 1 aromatic heterocycles. The van der Waals surface area contributed by atoms with Gasteiger partial charge in [-0.25, -0.2) is 9.37 Å². The van der Waals surface area contributed by atoms with Crippen LogP contribution >= 0.6 is 0 Å². The van der Waals surface area contributed by atoms with E-state index in [9.17, 15) is 9.18 Å². The van der Waals surface area contributed by atoms with E-state index in [2.05, 4.69) is 10.3 Å². The summed E-state index contributed by atoms with van der Waals surface area (Å²) in [6.07, 6.45) is 4.73. The van der Waals surface area contributed by atoms with Crippen molar-refractivity contribution >= 4 is 11.6 Å². The van der Waals surface area contributed by atoms with Gasteiger partial charge in [-0.05, 0) is 25.1 Å². The molecule has 2 unspecified atom stereocenters. The molecular formula is C14H17FN4O. The fraction of sp³-hybridized carbons (Fsp3) is 0.286. The third-order valence-corrected chi connectivity index (χ3v) is 3.20. The molecule has 1 aromatic carbocycles. The van der Waals surface area contributed by atoms with Crippen molar-refractivity contribution in [1.29, 1.82) is 0 Å². The highest BCUT2D eigenvalue weighted by molar-refractivity contribution is 5.92. The zero-order chi connectivity index (χ0) is 14.7. The van der Waals surface area contributed by atoms with Crippen LogP contribution in [0, 0.1) is 11.7 Å². The molecule has 0 radical (unpaired) electrons. The van der Waals surface area contributed by atoms with Gasteiger partial charge in [0.05, 0.1) is 17.9 Å². The van der Waals surface area contributed by atoms with Crippen LogP contribution in [-0.4, -0.2) is 21.5 Å². The number of carbonyl (C=O) groups is 1. The van der Waals surface area contributed by atoms with Gasteiger partial charge in [0.25, 0.3) is 0 Å². The van der Waals surface area contributed by atoms with Gasteiger partial charge in [0.15, 0.2) is 0 Å². The number of nitrogens with one attached hydrogen (secondary N) is 1. The largest absolute Gasteiger partial charge is 0.327 e. The minimum atomic E-state index is -0.436. The Balaban J connectivity index is 2.16. The smallest absolute Gasteiger partial charge is 0.228 e. The number of amides is 1. The summed E-state index contributed by atoms with van der Waals surface area (Å²) in [6.45, 7) is 3.49. The number of rotatable bonds is 4. The first kappa shape index (κ1) is 14.2. The van der Waals surface area contributed by atoms with Crippen molar-refractivity contribution in [2.45, 2.75) is 19.9 Å². The van der Waals surface area contributed by atoms with Crippen LogP contribution in [-0.2, 0) is 4.79 Å². The molecule has 0 aliphatic carbocycles. The predicted octanol–water partition coefficient (Wildman–Crippen LogP) is 1.93. The number of carbonyl (C=O) groups excluding carboxylic acids is 1. The van der Waals surface area contributed by atoms with E-state index in [-0.39, 0.29) is 17.9 Å². The van der Waals surface area contributed by atoms with Crippen LogP contribution < -0.4 is 11.1 Å². The molecule has 5 nitrogen and oxygen atoms in total. The van der Waals surface area contributed by atoms with E-state index in [4.69, 9.17) is 5.73 Å². The van der Waals surface area contributed by atoms with Crippen LogP contribution in [0.5, 0.6) is 0 Å². The molecule has 0 saturated carbocycles. The van der Waals surface area contributed by atoms with Crippen molar-refractivity contribution in [3.8, 4) is 5.69 Å².